The Bertz CT molecular complexity index is 479. The lowest BCUT2D eigenvalue weighted by Crippen LogP contribution is -2.65. The van der Waals surface area contributed by atoms with Gasteiger partial charge in [0.05, 0.1) is 6.42 Å². The van der Waals surface area contributed by atoms with E-state index in [2.05, 4.69) is 5.32 Å². The molecule has 0 bridgehead atoms. The summed E-state index contributed by atoms with van der Waals surface area (Å²) in [6, 6.07) is 0. The molecule has 1 unspecified atom stereocenters. The van der Waals surface area contributed by atoms with E-state index in [4.69, 9.17) is 0 Å². The SMILES string of the molecule is CCC(NC(C)=O)(C(=O)O)C1(CC(=O)O)CCCCCCCCCCC1. The number of carbonyl (C=O) groups excluding carboxylic acids is 1. The summed E-state index contributed by atoms with van der Waals surface area (Å²) in [5, 5.41) is 22.3. The molecular weight excluding hydrogens is 334 g/mol. The summed E-state index contributed by atoms with van der Waals surface area (Å²) >= 11 is 0. The van der Waals surface area contributed by atoms with E-state index in [0.717, 1.165) is 38.5 Å². The number of carbonyl (C=O) groups is 3. The number of nitrogens with one attached hydrogen (secondary N) is 1. The standard InChI is InChI=1S/C20H35NO5/c1-3-20(18(25)26,21-16(2)22)19(15-17(23)24)13-11-9-7-5-4-6-8-10-12-14-19/h3-15H2,1-2H3,(H,21,22)(H,23,24)(H,25,26). The topological polar surface area (TPSA) is 104 Å². The van der Waals surface area contributed by atoms with E-state index < -0.39 is 28.8 Å². The largest absolute Gasteiger partial charge is 0.481 e. The molecule has 1 amide bonds. The molecule has 1 aliphatic carbocycles. The molecule has 1 fully saturated rings. The van der Waals surface area contributed by atoms with Crippen LogP contribution in [0.5, 0.6) is 0 Å². The van der Waals surface area contributed by atoms with E-state index in [1.54, 1.807) is 6.92 Å². The highest BCUT2D eigenvalue weighted by Crippen LogP contribution is 2.47. The maximum atomic E-state index is 12.3. The molecule has 6 heteroatoms. The summed E-state index contributed by atoms with van der Waals surface area (Å²) in [5.41, 5.74) is -2.51. The van der Waals surface area contributed by atoms with Crippen LogP contribution >= 0.6 is 0 Å². The molecule has 1 saturated carbocycles. The summed E-state index contributed by atoms with van der Waals surface area (Å²) in [7, 11) is 0. The number of carboxylic acid groups (broad SMARTS) is 2. The average Bonchev–Trinajstić information content (AvgIpc) is 2.54. The molecule has 1 atom stereocenters. The van der Waals surface area contributed by atoms with E-state index in [1.807, 2.05) is 0 Å². The smallest absolute Gasteiger partial charge is 0.330 e. The lowest BCUT2D eigenvalue weighted by Gasteiger charge is -2.48. The Morgan fingerprint density at radius 3 is 1.62 bits per heavy atom. The van der Waals surface area contributed by atoms with Crippen LogP contribution in [-0.2, 0) is 14.4 Å². The maximum Gasteiger partial charge on any atom is 0.330 e. The minimum absolute atomic E-state index is 0.176. The number of hydrogen-bond donors (Lipinski definition) is 3. The van der Waals surface area contributed by atoms with Gasteiger partial charge in [-0.25, -0.2) is 4.79 Å². The van der Waals surface area contributed by atoms with Crippen LogP contribution in [0.4, 0.5) is 0 Å². The van der Waals surface area contributed by atoms with Gasteiger partial charge in [0, 0.05) is 12.3 Å². The number of amides is 1. The second-order valence-corrected chi connectivity index (χ2v) is 7.78. The average molecular weight is 370 g/mol. The van der Waals surface area contributed by atoms with Crippen molar-refractivity contribution in [3.63, 3.8) is 0 Å². The number of rotatable bonds is 6. The van der Waals surface area contributed by atoms with Gasteiger partial charge in [0.15, 0.2) is 0 Å². The Morgan fingerprint density at radius 1 is 0.885 bits per heavy atom. The molecule has 0 aliphatic heterocycles. The fraction of sp³-hybridized carbons (Fsp3) is 0.850. The minimum atomic E-state index is -1.54. The molecule has 0 heterocycles. The first kappa shape index (κ1) is 22.5. The molecule has 1 aliphatic rings. The maximum absolute atomic E-state index is 12.3. The molecule has 0 aromatic rings. The van der Waals surface area contributed by atoms with Crippen LogP contribution in [0.1, 0.15) is 97.3 Å². The first-order valence-corrected chi connectivity index (χ1v) is 10.0. The van der Waals surface area contributed by atoms with Crippen molar-refractivity contribution in [2.24, 2.45) is 5.41 Å². The summed E-state index contributed by atoms with van der Waals surface area (Å²) in [4.78, 5) is 35.9. The van der Waals surface area contributed by atoms with Gasteiger partial charge in [-0.05, 0) is 19.3 Å². The Labute approximate surface area is 156 Å². The van der Waals surface area contributed by atoms with Crippen molar-refractivity contribution >= 4 is 17.8 Å². The Kier molecular flexibility index (Phi) is 9.09. The van der Waals surface area contributed by atoms with Gasteiger partial charge in [-0.2, -0.15) is 0 Å². The molecule has 6 nitrogen and oxygen atoms in total. The molecule has 0 saturated heterocycles. The first-order chi connectivity index (χ1) is 12.3. The molecule has 1 rings (SSSR count). The quantitative estimate of drug-likeness (QED) is 0.653. The Morgan fingerprint density at radius 2 is 1.31 bits per heavy atom. The lowest BCUT2D eigenvalue weighted by molar-refractivity contribution is -0.160. The monoisotopic (exact) mass is 369 g/mol. The molecule has 26 heavy (non-hydrogen) atoms. The Hall–Kier alpha value is -1.59. The molecule has 150 valence electrons. The van der Waals surface area contributed by atoms with Crippen molar-refractivity contribution in [3.05, 3.63) is 0 Å². The highest BCUT2D eigenvalue weighted by Gasteiger charge is 2.56. The Balaban J connectivity index is 3.31. The number of hydrogen-bond acceptors (Lipinski definition) is 3. The second kappa shape index (κ2) is 10.5. The predicted octanol–water partition coefficient (Wildman–Crippen LogP) is 4.12. The van der Waals surface area contributed by atoms with Crippen LogP contribution in [0.2, 0.25) is 0 Å². The van der Waals surface area contributed by atoms with Crippen LogP contribution in [0.15, 0.2) is 0 Å². The van der Waals surface area contributed by atoms with Crippen LogP contribution < -0.4 is 5.32 Å². The van der Waals surface area contributed by atoms with Crippen LogP contribution in [0.3, 0.4) is 0 Å². The minimum Gasteiger partial charge on any atom is -0.481 e. The third-order valence-electron chi connectivity index (χ3n) is 5.99. The first-order valence-electron chi connectivity index (χ1n) is 10.0. The van der Waals surface area contributed by atoms with Gasteiger partial charge < -0.3 is 15.5 Å². The van der Waals surface area contributed by atoms with Crippen molar-refractivity contribution < 1.29 is 24.6 Å². The van der Waals surface area contributed by atoms with Crippen molar-refractivity contribution in [1.29, 1.82) is 0 Å². The van der Waals surface area contributed by atoms with E-state index >= 15 is 0 Å². The van der Waals surface area contributed by atoms with E-state index in [1.165, 1.54) is 26.2 Å². The van der Waals surface area contributed by atoms with Gasteiger partial charge in [-0.3, -0.25) is 9.59 Å². The summed E-state index contributed by atoms with van der Waals surface area (Å²) in [5.74, 6) is -2.55. The van der Waals surface area contributed by atoms with Gasteiger partial charge in [0.25, 0.3) is 0 Å². The van der Waals surface area contributed by atoms with Gasteiger partial charge in [-0.15, -0.1) is 0 Å². The fourth-order valence-electron chi connectivity index (χ4n) is 4.66. The number of carboxylic acids is 2. The van der Waals surface area contributed by atoms with Gasteiger partial charge in [-0.1, -0.05) is 64.7 Å². The zero-order chi connectivity index (χ0) is 19.6. The number of aliphatic carboxylic acids is 2. The summed E-state index contributed by atoms with van der Waals surface area (Å²) < 4.78 is 0. The normalized spacial score (nSPS) is 21.5. The van der Waals surface area contributed by atoms with E-state index in [-0.39, 0.29) is 12.8 Å². The highest BCUT2D eigenvalue weighted by molar-refractivity contribution is 5.88. The molecular formula is C20H35NO5. The van der Waals surface area contributed by atoms with Gasteiger partial charge in [0.1, 0.15) is 5.54 Å². The van der Waals surface area contributed by atoms with Crippen LogP contribution in [-0.4, -0.2) is 33.6 Å². The summed E-state index contributed by atoms with van der Waals surface area (Å²) in [6.07, 6.45) is 10.3. The third-order valence-corrected chi connectivity index (χ3v) is 5.99. The second-order valence-electron chi connectivity index (χ2n) is 7.78. The third kappa shape index (κ3) is 5.71. The molecule has 0 aromatic heterocycles. The van der Waals surface area contributed by atoms with Crippen molar-refractivity contribution in [2.45, 2.75) is 103 Å². The summed E-state index contributed by atoms with van der Waals surface area (Å²) in [6.45, 7) is 3.03. The van der Waals surface area contributed by atoms with Crippen molar-refractivity contribution in [3.8, 4) is 0 Å². The van der Waals surface area contributed by atoms with E-state index in [0.29, 0.717) is 12.8 Å². The molecule has 3 N–H and O–H groups in total. The van der Waals surface area contributed by atoms with Crippen LogP contribution in [0.25, 0.3) is 0 Å². The van der Waals surface area contributed by atoms with Gasteiger partial charge in [0.2, 0.25) is 5.91 Å². The fourth-order valence-corrected chi connectivity index (χ4v) is 4.66. The molecule has 0 spiro atoms. The van der Waals surface area contributed by atoms with Crippen molar-refractivity contribution in [2.75, 3.05) is 0 Å². The zero-order valence-corrected chi connectivity index (χ0v) is 16.3. The molecule has 0 radical (unpaired) electrons. The highest BCUT2D eigenvalue weighted by atomic mass is 16.4. The molecule has 0 aromatic carbocycles. The predicted molar refractivity (Wildman–Crippen MR) is 99.9 cm³/mol. The van der Waals surface area contributed by atoms with Gasteiger partial charge >= 0.3 is 11.9 Å². The zero-order valence-electron chi connectivity index (χ0n) is 16.3. The van der Waals surface area contributed by atoms with E-state index in [9.17, 15) is 24.6 Å². The van der Waals surface area contributed by atoms with Crippen molar-refractivity contribution in [1.82, 2.24) is 5.32 Å². The van der Waals surface area contributed by atoms with Crippen LogP contribution in [0, 0.1) is 5.41 Å². The lowest BCUT2D eigenvalue weighted by atomic mass is 9.60.